The van der Waals surface area contributed by atoms with Gasteiger partial charge in [0.1, 0.15) is 5.82 Å². The molecule has 94 valence electrons. The highest BCUT2D eigenvalue weighted by Gasteiger charge is 2.21. The molecule has 0 N–H and O–H groups in total. The fraction of sp³-hybridized carbons (Fsp3) is 0.636. The van der Waals surface area contributed by atoms with Crippen molar-refractivity contribution in [3.8, 4) is 0 Å². The fourth-order valence-corrected chi connectivity index (χ4v) is 2.74. The van der Waals surface area contributed by atoms with E-state index in [0.717, 1.165) is 41.4 Å². The van der Waals surface area contributed by atoms with E-state index < -0.39 is 0 Å². The highest BCUT2D eigenvalue weighted by molar-refractivity contribution is 9.10. The molecule has 2 heterocycles. The largest absolute Gasteiger partial charge is 0.356 e. The summed E-state index contributed by atoms with van der Waals surface area (Å²) in [6, 6.07) is 0. The predicted molar refractivity (Wildman–Crippen MR) is 72.4 cm³/mol. The molecule has 6 heteroatoms. The van der Waals surface area contributed by atoms with Crippen molar-refractivity contribution < 1.29 is 4.39 Å². The number of hydrogen-bond donors (Lipinski definition) is 0. The molecular weight excluding hydrogens is 305 g/mol. The zero-order valence-corrected chi connectivity index (χ0v) is 12.1. The van der Waals surface area contributed by atoms with Gasteiger partial charge in [-0.3, -0.25) is 4.39 Å². The van der Waals surface area contributed by atoms with Crippen LogP contribution in [0.5, 0.6) is 0 Å². The molecule has 0 amide bonds. The first-order valence-electron chi connectivity index (χ1n) is 5.62. The standard InChI is InChI=1S/C11H15BrFN3S/c1-17-11-14-7-9(12)10(15-11)16-4-2-8(6-13)3-5-16/h7-8H,2-6H2,1H3. The van der Waals surface area contributed by atoms with Gasteiger partial charge >= 0.3 is 0 Å². The Bertz CT molecular complexity index is 383. The number of halogens is 2. The average molecular weight is 320 g/mol. The summed E-state index contributed by atoms with van der Waals surface area (Å²) in [4.78, 5) is 10.9. The van der Waals surface area contributed by atoms with Crippen LogP contribution in [0.3, 0.4) is 0 Å². The molecule has 2 rings (SSSR count). The molecular formula is C11H15BrFN3S. The normalized spacial score (nSPS) is 17.5. The van der Waals surface area contributed by atoms with Crippen LogP contribution in [0.2, 0.25) is 0 Å². The van der Waals surface area contributed by atoms with Crippen LogP contribution < -0.4 is 4.90 Å². The number of nitrogens with zero attached hydrogens (tertiary/aromatic N) is 3. The molecule has 0 bridgehead atoms. The highest BCUT2D eigenvalue weighted by atomic mass is 79.9. The number of alkyl halides is 1. The van der Waals surface area contributed by atoms with Gasteiger partial charge in [-0.15, -0.1) is 0 Å². The monoisotopic (exact) mass is 319 g/mol. The van der Waals surface area contributed by atoms with Crippen molar-refractivity contribution in [2.45, 2.75) is 18.0 Å². The lowest BCUT2D eigenvalue weighted by atomic mass is 9.98. The van der Waals surface area contributed by atoms with Gasteiger partial charge < -0.3 is 4.90 Å². The number of hydrogen-bond acceptors (Lipinski definition) is 4. The van der Waals surface area contributed by atoms with Crippen LogP contribution >= 0.6 is 27.7 Å². The first kappa shape index (κ1) is 13.1. The Morgan fingerprint density at radius 3 is 2.82 bits per heavy atom. The van der Waals surface area contributed by atoms with Gasteiger partial charge in [0.25, 0.3) is 0 Å². The molecule has 1 aromatic heterocycles. The van der Waals surface area contributed by atoms with Gasteiger partial charge in [-0.25, -0.2) is 9.97 Å². The van der Waals surface area contributed by atoms with Crippen molar-refractivity contribution in [2.24, 2.45) is 5.92 Å². The first-order valence-corrected chi connectivity index (χ1v) is 7.63. The van der Waals surface area contributed by atoms with Gasteiger partial charge in [-0.05, 0) is 40.9 Å². The van der Waals surface area contributed by atoms with Crippen LogP contribution in [0, 0.1) is 5.92 Å². The first-order chi connectivity index (χ1) is 8.24. The summed E-state index contributed by atoms with van der Waals surface area (Å²) >= 11 is 5.01. The van der Waals surface area contributed by atoms with Crippen LogP contribution in [-0.2, 0) is 0 Å². The molecule has 0 aromatic carbocycles. The Morgan fingerprint density at radius 1 is 1.53 bits per heavy atom. The summed E-state index contributed by atoms with van der Waals surface area (Å²) in [5.74, 6) is 1.16. The third-order valence-corrected chi connectivity index (χ3v) is 4.14. The second-order valence-electron chi connectivity index (χ2n) is 4.11. The van der Waals surface area contributed by atoms with E-state index in [-0.39, 0.29) is 12.6 Å². The number of aromatic nitrogens is 2. The molecule has 1 aromatic rings. The second kappa shape index (κ2) is 6.00. The lowest BCUT2D eigenvalue weighted by Gasteiger charge is -2.32. The summed E-state index contributed by atoms with van der Waals surface area (Å²) in [5, 5.41) is 0.774. The molecule has 3 nitrogen and oxygen atoms in total. The van der Waals surface area contributed by atoms with Crippen LogP contribution in [0.4, 0.5) is 10.2 Å². The molecule has 0 unspecified atom stereocenters. The fourth-order valence-electron chi connectivity index (χ4n) is 1.96. The Kier molecular flexibility index (Phi) is 4.62. The van der Waals surface area contributed by atoms with E-state index in [1.165, 1.54) is 11.8 Å². The van der Waals surface area contributed by atoms with Crippen LogP contribution in [-0.4, -0.2) is 36.0 Å². The van der Waals surface area contributed by atoms with Gasteiger partial charge in [0.2, 0.25) is 0 Å². The van der Waals surface area contributed by atoms with Gasteiger partial charge in [-0.1, -0.05) is 11.8 Å². The van der Waals surface area contributed by atoms with Crippen molar-refractivity contribution in [2.75, 3.05) is 30.9 Å². The minimum absolute atomic E-state index is 0.200. The van der Waals surface area contributed by atoms with Crippen molar-refractivity contribution in [3.63, 3.8) is 0 Å². The van der Waals surface area contributed by atoms with Gasteiger partial charge in [0.15, 0.2) is 5.16 Å². The summed E-state index contributed by atoms with van der Waals surface area (Å²) in [5.41, 5.74) is 0. The lowest BCUT2D eigenvalue weighted by molar-refractivity contribution is 0.307. The van der Waals surface area contributed by atoms with Crippen LogP contribution in [0.25, 0.3) is 0 Å². The third kappa shape index (κ3) is 3.10. The lowest BCUT2D eigenvalue weighted by Crippen LogP contribution is -2.35. The maximum atomic E-state index is 12.5. The van der Waals surface area contributed by atoms with E-state index in [1.54, 1.807) is 6.20 Å². The summed E-state index contributed by atoms with van der Waals surface area (Å²) in [6.45, 7) is 1.55. The minimum Gasteiger partial charge on any atom is -0.356 e. The number of rotatable bonds is 3. The molecule has 0 spiro atoms. The summed E-state index contributed by atoms with van der Waals surface area (Å²) in [7, 11) is 0. The molecule has 0 saturated carbocycles. The van der Waals surface area contributed by atoms with Gasteiger partial charge in [0.05, 0.1) is 11.1 Å². The molecule has 1 saturated heterocycles. The topological polar surface area (TPSA) is 29.0 Å². The van der Waals surface area contributed by atoms with Crippen molar-refractivity contribution >= 4 is 33.5 Å². The van der Waals surface area contributed by atoms with Crippen LogP contribution in [0.1, 0.15) is 12.8 Å². The number of anilines is 1. The van der Waals surface area contributed by atoms with Gasteiger partial charge in [-0.2, -0.15) is 0 Å². The van der Waals surface area contributed by atoms with E-state index in [0.29, 0.717) is 0 Å². The van der Waals surface area contributed by atoms with E-state index in [9.17, 15) is 4.39 Å². The summed E-state index contributed by atoms with van der Waals surface area (Å²) < 4.78 is 13.5. The number of piperidine rings is 1. The molecule has 17 heavy (non-hydrogen) atoms. The number of thioether (sulfide) groups is 1. The smallest absolute Gasteiger partial charge is 0.189 e. The Balaban J connectivity index is 2.12. The van der Waals surface area contributed by atoms with E-state index in [4.69, 9.17) is 0 Å². The molecule has 1 fully saturated rings. The second-order valence-corrected chi connectivity index (χ2v) is 5.74. The van der Waals surface area contributed by atoms with E-state index in [1.807, 2.05) is 6.26 Å². The maximum Gasteiger partial charge on any atom is 0.189 e. The Hall–Kier alpha value is -0.360. The zero-order chi connectivity index (χ0) is 12.3. The molecule has 0 radical (unpaired) electrons. The highest BCUT2D eigenvalue weighted by Crippen LogP contribution is 2.29. The maximum absolute atomic E-state index is 12.5. The molecule has 0 atom stereocenters. The zero-order valence-electron chi connectivity index (χ0n) is 9.70. The van der Waals surface area contributed by atoms with Crippen molar-refractivity contribution in [1.82, 2.24) is 9.97 Å². The minimum atomic E-state index is -0.200. The van der Waals surface area contributed by atoms with Gasteiger partial charge in [0, 0.05) is 19.3 Å². The molecule has 1 aliphatic heterocycles. The quantitative estimate of drug-likeness (QED) is 0.632. The third-order valence-electron chi connectivity index (χ3n) is 3.02. The Morgan fingerprint density at radius 2 is 2.24 bits per heavy atom. The Labute approximate surface area is 113 Å². The predicted octanol–water partition coefficient (Wildman–Crippen LogP) is 3.15. The van der Waals surface area contributed by atoms with Crippen molar-refractivity contribution in [1.29, 1.82) is 0 Å². The average Bonchev–Trinajstić information content (AvgIpc) is 2.39. The summed E-state index contributed by atoms with van der Waals surface area (Å²) in [6.07, 6.45) is 5.56. The SMILES string of the molecule is CSc1ncc(Br)c(N2CCC(CF)CC2)n1. The van der Waals surface area contributed by atoms with Crippen molar-refractivity contribution in [3.05, 3.63) is 10.7 Å². The molecule has 1 aliphatic rings. The molecule has 0 aliphatic carbocycles. The van der Waals surface area contributed by atoms with E-state index >= 15 is 0 Å². The van der Waals surface area contributed by atoms with E-state index in [2.05, 4.69) is 30.8 Å². The van der Waals surface area contributed by atoms with Crippen LogP contribution in [0.15, 0.2) is 15.8 Å².